The zero-order chi connectivity index (χ0) is 31.5. The Morgan fingerprint density at radius 1 is 0.535 bits per heavy atom. The monoisotopic (exact) mass is 603 g/mol. The van der Waals surface area contributed by atoms with Gasteiger partial charge < -0.3 is 9.84 Å². The van der Waals surface area contributed by atoms with E-state index < -0.39 is 5.97 Å². The Hall–Kier alpha value is -1.84. The topological polar surface area (TPSA) is 63.6 Å². The Balaban J connectivity index is 4.08. The molecule has 0 amide bonds. The summed E-state index contributed by atoms with van der Waals surface area (Å²) in [5.41, 5.74) is 0. The molecule has 4 heteroatoms. The van der Waals surface area contributed by atoms with Crippen LogP contribution in [0, 0.1) is 0 Å². The fourth-order valence-electron chi connectivity index (χ4n) is 5.30. The highest BCUT2D eigenvalue weighted by Crippen LogP contribution is 2.15. The molecule has 1 N–H and O–H groups in total. The number of carbonyl (C=O) groups excluding carboxylic acids is 1. The van der Waals surface area contributed by atoms with E-state index in [0.29, 0.717) is 6.42 Å². The molecule has 0 aromatic heterocycles. The van der Waals surface area contributed by atoms with Crippen molar-refractivity contribution in [1.29, 1.82) is 0 Å². The molecule has 0 heterocycles. The van der Waals surface area contributed by atoms with Crippen molar-refractivity contribution in [3.8, 4) is 0 Å². The third-order valence-corrected chi connectivity index (χ3v) is 8.07. The van der Waals surface area contributed by atoms with Crippen LogP contribution in [-0.4, -0.2) is 23.1 Å². The first kappa shape index (κ1) is 41.2. The molecule has 0 rings (SSSR count). The largest absolute Gasteiger partial charge is 0.481 e. The van der Waals surface area contributed by atoms with Gasteiger partial charge in [-0.1, -0.05) is 141 Å². The molecule has 0 bridgehead atoms. The number of hydrogen-bond acceptors (Lipinski definition) is 3. The van der Waals surface area contributed by atoms with Gasteiger partial charge in [-0.2, -0.15) is 0 Å². The Bertz CT molecular complexity index is 693. The molecule has 0 aliphatic heterocycles. The summed E-state index contributed by atoms with van der Waals surface area (Å²) < 4.78 is 5.88. The van der Waals surface area contributed by atoms with E-state index in [4.69, 9.17) is 9.84 Å². The molecule has 0 saturated carbocycles. The van der Waals surface area contributed by atoms with Crippen LogP contribution >= 0.6 is 0 Å². The summed E-state index contributed by atoms with van der Waals surface area (Å²) in [5, 5.41) is 8.76. The quantitative estimate of drug-likeness (QED) is 0.0461. The molecule has 250 valence electrons. The fraction of sp³-hybridized carbons (Fsp3) is 0.795. The molecule has 0 fully saturated rings. The number of carboxylic acid groups (broad SMARTS) is 1. The first-order valence-corrected chi connectivity index (χ1v) is 18.5. The molecule has 0 spiro atoms. The van der Waals surface area contributed by atoms with Gasteiger partial charge in [-0.15, -0.1) is 0 Å². The van der Waals surface area contributed by atoms with E-state index in [9.17, 15) is 9.59 Å². The zero-order valence-electron chi connectivity index (χ0n) is 28.5. The van der Waals surface area contributed by atoms with Gasteiger partial charge in [-0.25, -0.2) is 0 Å². The molecule has 0 radical (unpaired) electrons. The molecule has 1 unspecified atom stereocenters. The number of unbranched alkanes of at least 4 members (excludes halogenated alkanes) is 20. The predicted octanol–water partition coefficient (Wildman–Crippen LogP) is 12.6. The van der Waals surface area contributed by atoms with Gasteiger partial charge in [-0.05, 0) is 76.7 Å². The second-order valence-corrected chi connectivity index (χ2v) is 12.4. The summed E-state index contributed by atoms with van der Waals surface area (Å²) in [4.78, 5) is 23.2. The van der Waals surface area contributed by atoms with Gasteiger partial charge in [0.05, 0.1) is 0 Å². The maximum absolute atomic E-state index is 12.6. The highest BCUT2D eigenvalue weighted by atomic mass is 16.5. The first-order valence-electron chi connectivity index (χ1n) is 18.5. The molecule has 1 atom stereocenters. The summed E-state index contributed by atoms with van der Waals surface area (Å²) in [7, 11) is 0. The maximum atomic E-state index is 12.6. The Labute approximate surface area is 267 Å². The SMILES string of the molecule is CCCCC/C=C\C/C=C\C(CCCCCCCCC(=O)O)OC(=O)CCCCCCC/C=C\CCCCCCCCC. The van der Waals surface area contributed by atoms with Crippen LogP contribution < -0.4 is 0 Å². The van der Waals surface area contributed by atoms with E-state index >= 15 is 0 Å². The Morgan fingerprint density at radius 2 is 0.977 bits per heavy atom. The lowest BCUT2D eigenvalue weighted by molar-refractivity contribution is -0.147. The number of allylic oxidation sites excluding steroid dienone is 5. The smallest absolute Gasteiger partial charge is 0.306 e. The number of carbonyl (C=O) groups is 2. The van der Waals surface area contributed by atoms with Crippen molar-refractivity contribution in [2.24, 2.45) is 0 Å². The lowest BCUT2D eigenvalue weighted by Crippen LogP contribution is -2.16. The van der Waals surface area contributed by atoms with Crippen LogP contribution in [-0.2, 0) is 14.3 Å². The van der Waals surface area contributed by atoms with Crippen molar-refractivity contribution in [2.75, 3.05) is 0 Å². The van der Waals surface area contributed by atoms with E-state index in [1.54, 1.807) is 0 Å². The predicted molar refractivity (Wildman–Crippen MR) is 186 cm³/mol. The minimum Gasteiger partial charge on any atom is -0.481 e. The molecule has 0 aromatic rings. The van der Waals surface area contributed by atoms with Gasteiger partial charge in [0.25, 0.3) is 0 Å². The van der Waals surface area contributed by atoms with Crippen molar-refractivity contribution in [2.45, 2.75) is 200 Å². The molecular formula is C39H70O4. The van der Waals surface area contributed by atoms with Crippen LogP contribution in [0.25, 0.3) is 0 Å². The van der Waals surface area contributed by atoms with Crippen LogP contribution in [0.5, 0.6) is 0 Å². The van der Waals surface area contributed by atoms with Gasteiger partial charge in [-0.3, -0.25) is 9.59 Å². The van der Waals surface area contributed by atoms with Crippen LogP contribution in [0.1, 0.15) is 194 Å². The number of hydrogen-bond donors (Lipinski definition) is 1. The van der Waals surface area contributed by atoms with Gasteiger partial charge in [0, 0.05) is 12.8 Å². The second-order valence-electron chi connectivity index (χ2n) is 12.4. The average molecular weight is 603 g/mol. The summed E-state index contributed by atoms with van der Waals surface area (Å²) in [5.74, 6) is -0.768. The van der Waals surface area contributed by atoms with Crippen molar-refractivity contribution in [1.82, 2.24) is 0 Å². The highest BCUT2D eigenvalue weighted by molar-refractivity contribution is 5.69. The van der Waals surface area contributed by atoms with Gasteiger partial charge in [0.1, 0.15) is 6.10 Å². The van der Waals surface area contributed by atoms with Crippen LogP contribution in [0.2, 0.25) is 0 Å². The lowest BCUT2D eigenvalue weighted by atomic mass is 10.1. The molecule has 0 aromatic carbocycles. The summed E-state index contributed by atoms with van der Waals surface area (Å²) in [6, 6.07) is 0. The fourth-order valence-corrected chi connectivity index (χ4v) is 5.30. The Kier molecular flexibility index (Phi) is 33.2. The standard InChI is InChI=1S/C39H70O4/c1-3-5-7-9-11-13-14-15-16-17-18-19-20-22-28-32-36-39(42)43-37(33-29-25-21-12-10-8-6-4-2)34-30-26-23-24-27-31-35-38(40)41/h12,16-17,21,29,33,37H,3-11,13-15,18-20,22-28,30-32,34-36H2,1-2H3,(H,40,41)/b17-16-,21-12-,33-29-. The van der Waals surface area contributed by atoms with Crippen molar-refractivity contribution in [3.63, 3.8) is 0 Å². The minimum absolute atomic E-state index is 0.0632. The van der Waals surface area contributed by atoms with E-state index in [0.717, 1.165) is 70.6 Å². The molecule has 0 aliphatic rings. The minimum atomic E-state index is -0.704. The van der Waals surface area contributed by atoms with E-state index in [1.807, 2.05) is 0 Å². The molecule has 4 nitrogen and oxygen atoms in total. The van der Waals surface area contributed by atoms with Gasteiger partial charge in [0.2, 0.25) is 0 Å². The summed E-state index contributed by atoms with van der Waals surface area (Å²) >= 11 is 0. The van der Waals surface area contributed by atoms with Crippen LogP contribution in [0.3, 0.4) is 0 Å². The van der Waals surface area contributed by atoms with Gasteiger partial charge >= 0.3 is 11.9 Å². The molecular weight excluding hydrogens is 532 g/mol. The van der Waals surface area contributed by atoms with Crippen LogP contribution in [0.4, 0.5) is 0 Å². The third-order valence-electron chi connectivity index (χ3n) is 8.07. The Morgan fingerprint density at radius 3 is 1.56 bits per heavy atom. The highest BCUT2D eigenvalue weighted by Gasteiger charge is 2.11. The number of ether oxygens (including phenoxy) is 1. The van der Waals surface area contributed by atoms with Crippen molar-refractivity contribution in [3.05, 3.63) is 36.5 Å². The van der Waals surface area contributed by atoms with E-state index in [-0.39, 0.29) is 18.5 Å². The third kappa shape index (κ3) is 34.5. The number of carboxylic acids is 1. The normalized spacial score (nSPS) is 12.6. The average Bonchev–Trinajstić information content (AvgIpc) is 2.99. The zero-order valence-corrected chi connectivity index (χ0v) is 28.5. The second kappa shape index (κ2) is 34.6. The summed E-state index contributed by atoms with van der Waals surface area (Å²) in [6.07, 6.45) is 44.6. The van der Waals surface area contributed by atoms with Crippen molar-refractivity contribution >= 4 is 11.9 Å². The summed E-state index contributed by atoms with van der Waals surface area (Å²) in [6.45, 7) is 4.50. The first-order chi connectivity index (χ1) is 21.1. The van der Waals surface area contributed by atoms with E-state index in [1.165, 1.54) is 96.3 Å². The van der Waals surface area contributed by atoms with Crippen LogP contribution in [0.15, 0.2) is 36.5 Å². The number of rotatable bonds is 33. The lowest BCUT2D eigenvalue weighted by Gasteiger charge is -2.14. The number of aliphatic carboxylic acids is 1. The molecule has 0 aliphatic carbocycles. The molecule has 0 saturated heterocycles. The number of esters is 1. The van der Waals surface area contributed by atoms with Gasteiger partial charge in [0.15, 0.2) is 0 Å². The maximum Gasteiger partial charge on any atom is 0.306 e. The van der Waals surface area contributed by atoms with E-state index in [2.05, 4.69) is 50.3 Å². The van der Waals surface area contributed by atoms with Crippen molar-refractivity contribution < 1.29 is 19.4 Å². The molecule has 43 heavy (non-hydrogen) atoms.